The van der Waals surface area contributed by atoms with Gasteiger partial charge in [0.1, 0.15) is 5.52 Å². The monoisotopic (exact) mass is 304 g/mol. The number of nitrogens with zero attached hydrogens (tertiary/aromatic N) is 3. The fourth-order valence-electron chi connectivity index (χ4n) is 2.47. The van der Waals surface area contributed by atoms with Crippen LogP contribution in [0.25, 0.3) is 11.1 Å². The molecule has 0 atom stereocenters. The first-order valence-electron chi connectivity index (χ1n) is 7.69. The molecule has 120 valence electrons. The molecule has 1 aromatic carbocycles. The summed E-state index contributed by atoms with van der Waals surface area (Å²) in [5.41, 5.74) is 6.88. The molecule has 0 bridgehead atoms. The van der Waals surface area contributed by atoms with Crippen LogP contribution in [0.15, 0.2) is 22.6 Å². The molecule has 0 saturated heterocycles. The lowest BCUT2D eigenvalue weighted by Crippen LogP contribution is -2.28. The second-order valence-electron chi connectivity index (χ2n) is 5.31. The zero-order valence-electron chi connectivity index (χ0n) is 13.5. The summed E-state index contributed by atoms with van der Waals surface area (Å²) in [7, 11) is 1.94. The molecule has 1 heterocycles. The second kappa shape index (κ2) is 7.26. The van der Waals surface area contributed by atoms with Crippen LogP contribution in [0.1, 0.15) is 30.6 Å². The molecule has 2 rings (SSSR count). The Morgan fingerprint density at radius 2 is 2.00 bits per heavy atom. The van der Waals surface area contributed by atoms with E-state index in [-0.39, 0.29) is 0 Å². The number of benzene rings is 1. The molecule has 2 aromatic rings. The zero-order chi connectivity index (χ0) is 16.1. The normalized spacial score (nSPS) is 11.3. The van der Waals surface area contributed by atoms with Crippen LogP contribution in [0.3, 0.4) is 0 Å². The number of nitrogens with two attached hydrogens (primary N) is 1. The third kappa shape index (κ3) is 3.57. The highest BCUT2D eigenvalue weighted by Crippen LogP contribution is 2.24. The third-order valence-corrected chi connectivity index (χ3v) is 3.86. The Morgan fingerprint density at radius 3 is 2.64 bits per heavy atom. The van der Waals surface area contributed by atoms with Gasteiger partial charge in [-0.15, -0.1) is 0 Å². The molecule has 0 radical (unpaired) electrons. The Kier molecular flexibility index (Phi) is 5.38. The van der Waals surface area contributed by atoms with Crippen LogP contribution in [0.4, 0.5) is 6.01 Å². The summed E-state index contributed by atoms with van der Waals surface area (Å²) in [5.74, 6) is -0.491. The highest BCUT2D eigenvalue weighted by molar-refractivity contribution is 6.03. The Balaban J connectivity index is 2.07. The summed E-state index contributed by atoms with van der Waals surface area (Å²) in [6, 6.07) is 5.72. The molecular weight excluding hydrogens is 280 g/mol. The summed E-state index contributed by atoms with van der Waals surface area (Å²) in [6.07, 6.45) is 1.03. The first kappa shape index (κ1) is 16.3. The van der Waals surface area contributed by atoms with E-state index in [4.69, 9.17) is 10.2 Å². The van der Waals surface area contributed by atoms with Crippen molar-refractivity contribution in [2.75, 3.05) is 38.1 Å². The van der Waals surface area contributed by atoms with E-state index in [1.807, 2.05) is 11.9 Å². The number of anilines is 1. The van der Waals surface area contributed by atoms with Crippen molar-refractivity contribution in [3.05, 3.63) is 23.8 Å². The number of hydrogen-bond acceptors (Lipinski definition) is 5. The molecule has 2 N–H and O–H groups in total. The van der Waals surface area contributed by atoms with Gasteiger partial charge in [-0.05, 0) is 38.2 Å². The molecule has 6 nitrogen and oxygen atoms in total. The van der Waals surface area contributed by atoms with Crippen LogP contribution in [0.5, 0.6) is 0 Å². The molecule has 0 aliphatic rings. The molecule has 0 aliphatic heterocycles. The van der Waals surface area contributed by atoms with E-state index in [0.717, 1.165) is 32.6 Å². The lowest BCUT2D eigenvalue weighted by atomic mass is 10.2. The van der Waals surface area contributed by atoms with Gasteiger partial charge in [0.2, 0.25) is 0 Å². The van der Waals surface area contributed by atoms with Gasteiger partial charge in [-0.2, -0.15) is 4.98 Å². The lowest BCUT2D eigenvalue weighted by Gasteiger charge is -2.20. The highest BCUT2D eigenvalue weighted by atomic mass is 16.4. The second-order valence-corrected chi connectivity index (χ2v) is 5.31. The van der Waals surface area contributed by atoms with Crippen molar-refractivity contribution in [1.29, 1.82) is 0 Å². The quantitative estimate of drug-likeness (QED) is 0.808. The summed E-state index contributed by atoms with van der Waals surface area (Å²) in [6.45, 7) is 8.34. The van der Waals surface area contributed by atoms with Crippen molar-refractivity contribution in [3.8, 4) is 0 Å². The topological polar surface area (TPSA) is 75.6 Å². The van der Waals surface area contributed by atoms with Crippen molar-refractivity contribution in [2.24, 2.45) is 5.73 Å². The minimum atomic E-state index is -0.491. The summed E-state index contributed by atoms with van der Waals surface area (Å²) in [5, 5.41) is 0. The van der Waals surface area contributed by atoms with Gasteiger partial charge in [0.15, 0.2) is 5.58 Å². The summed E-state index contributed by atoms with van der Waals surface area (Å²) >= 11 is 0. The minimum absolute atomic E-state index is 0.393. The van der Waals surface area contributed by atoms with Crippen LogP contribution in [-0.2, 0) is 0 Å². The zero-order valence-corrected chi connectivity index (χ0v) is 13.5. The molecule has 22 heavy (non-hydrogen) atoms. The number of aromatic nitrogens is 1. The number of carbonyl (C=O) groups excluding carboxylic acids is 1. The average Bonchev–Trinajstić information content (AvgIpc) is 2.95. The van der Waals surface area contributed by atoms with Gasteiger partial charge in [0.05, 0.1) is 5.56 Å². The minimum Gasteiger partial charge on any atom is -0.423 e. The maximum Gasteiger partial charge on any atom is 0.298 e. The first-order valence-corrected chi connectivity index (χ1v) is 7.69. The van der Waals surface area contributed by atoms with Gasteiger partial charge in [-0.3, -0.25) is 4.79 Å². The van der Waals surface area contributed by atoms with Gasteiger partial charge < -0.3 is 20.0 Å². The fraction of sp³-hybridized carbons (Fsp3) is 0.500. The van der Waals surface area contributed by atoms with Crippen molar-refractivity contribution in [2.45, 2.75) is 20.3 Å². The van der Waals surface area contributed by atoms with E-state index >= 15 is 0 Å². The molecule has 0 aliphatic carbocycles. The van der Waals surface area contributed by atoms with Crippen LogP contribution in [0, 0.1) is 0 Å². The number of rotatable bonds is 8. The number of oxazole rings is 1. The largest absolute Gasteiger partial charge is 0.423 e. The number of hydrogen-bond donors (Lipinski definition) is 1. The van der Waals surface area contributed by atoms with Crippen molar-refractivity contribution in [1.82, 2.24) is 9.88 Å². The standard InChI is InChI=1S/C16H24N4O2/c1-4-20(5-2)11-7-10-19(3)16-18-14-12(15(17)21)8-6-9-13(14)22-16/h6,8-9H,4-5,7,10-11H2,1-3H3,(H2,17,21). The first-order chi connectivity index (χ1) is 10.6. The van der Waals surface area contributed by atoms with Crippen LogP contribution in [-0.4, -0.2) is 49.0 Å². The van der Waals surface area contributed by atoms with Crippen molar-refractivity contribution < 1.29 is 9.21 Å². The van der Waals surface area contributed by atoms with Gasteiger partial charge >= 0.3 is 0 Å². The van der Waals surface area contributed by atoms with E-state index in [9.17, 15) is 4.79 Å². The van der Waals surface area contributed by atoms with Gasteiger partial charge in [0, 0.05) is 13.6 Å². The smallest absolute Gasteiger partial charge is 0.298 e. The molecule has 0 saturated carbocycles. The predicted octanol–water partition coefficient (Wildman–Crippen LogP) is 2.09. The number of primary amides is 1. The van der Waals surface area contributed by atoms with E-state index in [2.05, 4.69) is 23.7 Å². The summed E-state index contributed by atoms with van der Waals surface area (Å²) < 4.78 is 5.72. The van der Waals surface area contributed by atoms with Gasteiger partial charge in [0.25, 0.3) is 11.9 Å². The van der Waals surface area contributed by atoms with Crippen LogP contribution < -0.4 is 10.6 Å². The molecular formula is C16H24N4O2. The fourth-order valence-corrected chi connectivity index (χ4v) is 2.47. The van der Waals surface area contributed by atoms with E-state index in [1.165, 1.54) is 0 Å². The van der Waals surface area contributed by atoms with Gasteiger partial charge in [-0.25, -0.2) is 0 Å². The Hall–Kier alpha value is -2.08. The maximum absolute atomic E-state index is 11.4. The number of carbonyl (C=O) groups is 1. The molecule has 0 fully saturated rings. The van der Waals surface area contributed by atoms with Crippen molar-refractivity contribution >= 4 is 23.0 Å². The van der Waals surface area contributed by atoms with E-state index < -0.39 is 5.91 Å². The maximum atomic E-state index is 11.4. The Morgan fingerprint density at radius 1 is 1.27 bits per heavy atom. The van der Waals surface area contributed by atoms with Crippen LogP contribution in [0.2, 0.25) is 0 Å². The van der Waals surface area contributed by atoms with Crippen molar-refractivity contribution in [3.63, 3.8) is 0 Å². The predicted molar refractivity (Wildman–Crippen MR) is 88.2 cm³/mol. The molecule has 0 spiro atoms. The third-order valence-electron chi connectivity index (χ3n) is 3.86. The number of amides is 1. The molecule has 1 amide bonds. The van der Waals surface area contributed by atoms with Gasteiger partial charge in [-0.1, -0.05) is 19.9 Å². The Labute approximate surface area is 130 Å². The lowest BCUT2D eigenvalue weighted by molar-refractivity contribution is 0.100. The molecule has 0 unspecified atom stereocenters. The Bertz CT molecular complexity index is 634. The molecule has 6 heteroatoms. The number of fused-ring (bicyclic) bond motifs is 1. The van der Waals surface area contributed by atoms with Crippen LogP contribution >= 0.6 is 0 Å². The molecule has 1 aromatic heterocycles. The van der Waals surface area contributed by atoms with E-state index in [0.29, 0.717) is 22.7 Å². The SMILES string of the molecule is CCN(CC)CCCN(C)c1nc2c(C(N)=O)cccc2o1. The highest BCUT2D eigenvalue weighted by Gasteiger charge is 2.15. The number of para-hydroxylation sites is 1. The average molecular weight is 304 g/mol. The summed E-state index contributed by atoms with van der Waals surface area (Å²) in [4.78, 5) is 20.2. The van der Waals surface area contributed by atoms with E-state index in [1.54, 1.807) is 18.2 Å².